The van der Waals surface area contributed by atoms with Crippen molar-refractivity contribution in [2.45, 2.75) is 26.9 Å². The fraction of sp³-hybridized carbons (Fsp3) is 0.222. The molecule has 0 saturated heterocycles. The minimum atomic E-state index is -0.645. The maximum Gasteiger partial charge on any atom is 0.265 e. The van der Waals surface area contributed by atoms with Gasteiger partial charge < -0.3 is 15.8 Å². The monoisotopic (exact) mass is 312 g/mol. The highest BCUT2D eigenvalue weighted by Crippen LogP contribution is 2.18. The minimum Gasteiger partial charge on any atom is -0.481 e. The van der Waals surface area contributed by atoms with Crippen molar-refractivity contribution in [1.82, 2.24) is 0 Å². The molecule has 5 heteroatoms. The number of aryl methyl sites for hydroxylation is 2. The van der Waals surface area contributed by atoms with Crippen LogP contribution in [0.3, 0.4) is 0 Å². The average Bonchev–Trinajstić information content (AvgIpc) is 2.51. The summed E-state index contributed by atoms with van der Waals surface area (Å²) in [4.78, 5) is 23.2. The molecule has 0 radical (unpaired) electrons. The lowest BCUT2D eigenvalue weighted by Gasteiger charge is -2.15. The Morgan fingerprint density at radius 3 is 2.26 bits per heavy atom. The van der Waals surface area contributed by atoms with Crippen molar-refractivity contribution in [2.24, 2.45) is 5.73 Å². The highest BCUT2D eigenvalue weighted by Gasteiger charge is 2.15. The molecule has 0 spiro atoms. The van der Waals surface area contributed by atoms with Crippen molar-refractivity contribution >= 4 is 17.5 Å². The van der Waals surface area contributed by atoms with Crippen molar-refractivity contribution in [2.75, 3.05) is 5.32 Å². The smallest absolute Gasteiger partial charge is 0.265 e. The Morgan fingerprint density at radius 2 is 1.70 bits per heavy atom. The van der Waals surface area contributed by atoms with Crippen LogP contribution in [0.2, 0.25) is 0 Å². The van der Waals surface area contributed by atoms with Gasteiger partial charge in [0.05, 0.1) is 0 Å². The van der Waals surface area contributed by atoms with Gasteiger partial charge in [-0.25, -0.2) is 0 Å². The highest BCUT2D eigenvalue weighted by molar-refractivity contribution is 5.96. The van der Waals surface area contributed by atoms with Gasteiger partial charge in [-0.05, 0) is 68.3 Å². The molecule has 2 amide bonds. The molecular weight excluding hydrogens is 292 g/mol. The number of carbonyl (C=O) groups excluding carboxylic acids is 2. The fourth-order valence-electron chi connectivity index (χ4n) is 2.01. The number of nitrogens with one attached hydrogen (secondary N) is 1. The summed E-state index contributed by atoms with van der Waals surface area (Å²) in [5.41, 5.74) is 8.42. The molecule has 1 unspecified atom stereocenters. The number of benzene rings is 2. The van der Waals surface area contributed by atoms with Crippen LogP contribution in [0.25, 0.3) is 0 Å². The molecule has 0 aliphatic heterocycles. The molecule has 2 aromatic rings. The van der Waals surface area contributed by atoms with E-state index in [0.717, 1.165) is 5.56 Å². The Hall–Kier alpha value is -2.82. The summed E-state index contributed by atoms with van der Waals surface area (Å²) in [6.45, 7) is 5.69. The Balaban J connectivity index is 1.99. The molecule has 5 nitrogen and oxygen atoms in total. The van der Waals surface area contributed by atoms with Crippen LogP contribution in [0.4, 0.5) is 5.69 Å². The first-order valence-corrected chi connectivity index (χ1v) is 7.31. The lowest BCUT2D eigenvalue weighted by molar-refractivity contribution is -0.122. The third kappa shape index (κ3) is 4.32. The molecule has 0 saturated carbocycles. The Labute approximate surface area is 135 Å². The van der Waals surface area contributed by atoms with E-state index in [1.807, 2.05) is 32.0 Å². The number of primary amides is 1. The number of hydrogen-bond donors (Lipinski definition) is 2. The topological polar surface area (TPSA) is 81.4 Å². The fourth-order valence-corrected chi connectivity index (χ4v) is 2.01. The van der Waals surface area contributed by atoms with Gasteiger partial charge in [0.1, 0.15) is 5.75 Å². The summed E-state index contributed by atoms with van der Waals surface area (Å²) < 4.78 is 5.66. The van der Waals surface area contributed by atoms with Crippen LogP contribution in [0, 0.1) is 13.8 Å². The van der Waals surface area contributed by atoms with Crippen LogP contribution < -0.4 is 15.8 Å². The first-order valence-electron chi connectivity index (χ1n) is 7.31. The largest absolute Gasteiger partial charge is 0.481 e. The zero-order valence-corrected chi connectivity index (χ0v) is 13.4. The zero-order chi connectivity index (χ0) is 17.0. The summed E-state index contributed by atoms with van der Waals surface area (Å²) in [5.74, 6) is -0.121. The summed E-state index contributed by atoms with van der Waals surface area (Å²) >= 11 is 0. The Morgan fingerprint density at radius 1 is 1.04 bits per heavy atom. The van der Waals surface area contributed by atoms with Gasteiger partial charge in [-0.2, -0.15) is 0 Å². The summed E-state index contributed by atoms with van der Waals surface area (Å²) in [6.07, 6.45) is -0.645. The molecule has 0 fully saturated rings. The van der Waals surface area contributed by atoms with E-state index in [4.69, 9.17) is 10.5 Å². The summed E-state index contributed by atoms with van der Waals surface area (Å²) in [5, 5.41) is 2.74. The van der Waals surface area contributed by atoms with Crippen molar-refractivity contribution in [1.29, 1.82) is 0 Å². The Bertz CT molecular complexity index is 724. The van der Waals surface area contributed by atoms with Gasteiger partial charge in [-0.1, -0.05) is 6.07 Å². The van der Waals surface area contributed by atoms with Crippen LogP contribution in [-0.4, -0.2) is 17.9 Å². The van der Waals surface area contributed by atoms with Gasteiger partial charge in [-0.15, -0.1) is 0 Å². The van der Waals surface area contributed by atoms with Crippen LogP contribution in [0.15, 0.2) is 42.5 Å². The second-order valence-electron chi connectivity index (χ2n) is 5.44. The van der Waals surface area contributed by atoms with Crippen LogP contribution in [-0.2, 0) is 4.79 Å². The van der Waals surface area contributed by atoms with Gasteiger partial charge in [-0.3, -0.25) is 9.59 Å². The summed E-state index contributed by atoms with van der Waals surface area (Å²) in [7, 11) is 0. The maximum atomic E-state index is 12.2. The van der Waals surface area contributed by atoms with E-state index in [9.17, 15) is 9.59 Å². The number of rotatable bonds is 5. The van der Waals surface area contributed by atoms with E-state index >= 15 is 0 Å². The molecule has 0 aliphatic carbocycles. The van der Waals surface area contributed by atoms with Crippen molar-refractivity contribution in [3.63, 3.8) is 0 Å². The normalized spacial score (nSPS) is 11.6. The van der Waals surface area contributed by atoms with Crippen LogP contribution in [0.5, 0.6) is 5.75 Å². The number of anilines is 1. The molecule has 2 aromatic carbocycles. The summed E-state index contributed by atoms with van der Waals surface area (Å²) in [6, 6.07) is 12.1. The molecule has 0 aliphatic rings. The first-order chi connectivity index (χ1) is 10.9. The standard InChI is InChI=1S/C18H20N2O3/c1-11-4-9-16(10-12(11)2)23-13(3)18(22)20-15-7-5-14(6-8-15)17(19)21/h4-10,13H,1-3H3,(H2,19,21)(H,20,22). The molecule has 3 N–H and O–H groups in total. The van der Waals surface area contributed by atoms with Gasteiger partial charge in [0.25, 0.3) is 5.91 Å². The molecule has 0 heterocycles. The van der Waals surface area contributed by atoms with E-state index in [0.29, 0.717) is 17.0 Å². The van der Waals surface area contributed by atoms with E-state index in [-0.39, 0.29) is 5.91 Å². The third-order valence-corrected chi connectivity index (χ3v) is 3.60. The SMILES string of the molecule is Cc1ccc(OC(C)C(=O)Nc2ccc(C(N)=O)cc2)cc1C. The van der Waals surface area contributed by atoms with Crippen LogP contribution >= 0.6 is 0 Å². The van der Waals surface area contributed by atoms with E-state index < -0.39 is 12.0 Å². The lowest BCUT2D eigenvalue weighted by atomic mass is 10.1. The van der Waals surface area contributed by atoms with E-state index in [1.54, 1.807) is 31.2 Å². The van der Waals surface area contributed by atoms with E-state index in [2.05, 4.69) is 5.32 Å². The number of carbonyl (C=O) groups is 2. The molecule has 0 bridgehead atoms. The molecule has 23 heavy (non-hydrogen) atoms. The molecule has 120 valence electrons. The number of hydrogen-bond acceptors (Lipinski definition) is 3. The predicted molar refractivity (Wildman–Crippen MR) is 89.6 cm³/mol. The minimum absolute atomic E-state index is 0.268. The lowest BCUT2D eigenvalue weighted by Crippen LogP contribution is -2.30. The first kappa shape index (κ1) is 16.5. The molecular formula is C18H20N2O3. The maximum absolute atomic E-state index is 12.2. The van der Waals surface area contributed by atoms with Gasteiger partial charge in [0, 0.05) is 11.3 Å². The predicted octanol–water partition coefficient (Wildman–Crippen LogP) is 2.81. The van der Waals surface area contributed by atoms with Gasteiger partial charge in [0.15, 0.2) is 6.10 Å². The number of amides is 2. The average molecular weight is 312 g/mol. The van der Waals surface area contributed by atoms with Crippen LogP contribution in [0.1, 0.15) is 28.4 Å². The quantitative estimate of drug-likeness (QED) is 0.890. The number of ether oxygens (including phenoxy) is 1. The Kier molecular flexibility index (Phi) is 5.01. The van der Waals surface area contributed by atoms with Gasteiger partial charge >= 0.3 is 0 Å². The van der Waals surface area contributed by atoms with Crippen molar-refractivity contribution in [3.05, 3.63) is 59.2 Å². The number of nitrogens with two attached hydrogens (primary N) is 1. The second kappa shape index (κ2) is 6.96. The highest BCUT2D eigenvalue weighted by atomic mass is 16.5. The van der Waals surface area contributed by atoms with Gasteiger partial charge in [0.2, 0.25) is 5.91 Å². The van der Waals surface area contributed by atoms with E-state index in [1.165, 1.54) is 5.56 Å². The van der Waals surface area contributed by atoms with Crippen molar-refractivity contribution < 1.29 is 14.3 Å². The molecule has 1 atom stereocenters. The second-order valence-corrected chi connectivity index (χ2v) is 5.44. The zero-order valence-electron chi connectivity index (χ0n) is 13.4. The van der Waals surface area contributed by atoms with Crippen molar-refractivity contribution in [3.8, 4) is 5.75 Å². The molecule has 2 rings (SSSR count). The third-order valence-electron chi connectivity index (χ3n) is 3.60. The molecule has 0 aromatic heterocycles.